The van der Waals surface area contributed by atoms with E-state index in [1.807, 2.05) is 6.92 Å². The standard InChI is InChI=1S/C16H33N3O/c1-5-10-18-16(4,15(17)20)9-6-11-19-12-13(2)7-8-14(19)3/h13-14,18H,5-12H2,1-4H3,(H2,17,20). The molecule has 1 amide bonds. The lowest BCUT2D eigenvalue weighted by molar-refractivity contribution is -0.124. The van der Waals surface area contributed by atoms with E-state index in [4.69, 9.17) is 5.73 Å². The molecule has 0 aromatic carbocycles. The van der Waals surface area contributed by atoms with Gasteiger partial charge in [0.25, 0.3) is 0 Å². The Morgan fingerprint density at radius 2 is 2.10 bits per heavy atom. The third-order valence-corrected chi connectivity index (χ3v) is 4.68. The van der Waals surface area contributed by atoms with Gasteiger partial charge in [-0.05, 0) is 65.0 Å². The largest absolute Gasteiger partial charge is 0.368 e. The van der Waals surface area contributed by atoms with Gasteiger partial charge in [0, 0.05) is 12.6 Å². The predicted octanol–water partition coefficient (Wildman–Crippen LogP) is 2.13. The number of nitrogens with zero attached hydrogens (tertiary/aromatic N) is 1. The van der Waals surface area contributed by atoms with E-state index in [-0.39, 0.29) is 5.91 Å². The van der Waals surface area contributed by atoms with Gasteiger partial charge >= 0.3 is 0 Å². The third kappa shape index (κ3) is 5.06. The van der Waals surface area contributed by atoms with Crippen molar-refractivity contribution < 1.29 is 4.79 Å². The van der Waals surface area contributed by atoms with Gasteiger partial charge < -0.3 is 16.0 Å². The number of nitrogens with one attached hydrogen (secondary N) is 1. The molecule has 0 spiro atoms. The Bertz CT molecular complexity index is 308. The summed E-state index contributed by atoms with van der Waals surface area (Å²) in [4.78, 5) is 14.2. The van der Waals surface area contributed by atoms with Gasteiger partial charge in [0.15, 0.2) is 0 Å². The second-order valence-electron chi connectivity index (χ2n) is 6.75. The van der Waals surface area contributed by atoms with Crippen molar-refractivity contribution in [1.29, 1.82) is 0 Å². The Balaban J connectivity index is 2.41. The molecule has 118 valence electrons. The molecule has 1 rings (SSSR count). The number of piperidine rings is 1. The van der Waals surface area contributed by atoms with E-state index < -0.39 is 5.54 Å². The fourth-order valence-electron chi connectivity index (χ4n) is 3.03. The average molecular weight is 283 g/mol. The molecule has 1 fully saturated rings. The molecular weight excluding hydrogens is 250 g/mol. The molecule has 20 heavy (non-hydrogen) atoms. The number of nitrogens with two attached hydrogens (primary N) is 1. The second kappa shape index (κ2) is 7.99. The minimum atomic E-state index is -0.555. The molecule has 0 radical (unpaired) electrons. The van der Waals surface area contributed by atoms with Crippen LogP contribution in [0.5, 0.6) is 0 Å². The number of primary amides is 1. The minimum Gasteiger partial charge on any atom is -0.368 e. The molecule has 0 aromatic heterocycles. The first-order valence-electron chi connectivity index (χ1n) is 8.18. The third-order valence-electron chi connectivity index (χ3n) is 4.68. The first kappa shape index (κ1) is 17.4. The zero-order valence-electron chi connectivity index (χ0n) is 13.7. The van der Waals surface area contributed by atoms with Crippen LogP contribution in [0, 0.1) is 5.92 Å². The predicted molar refractivity (Wildman–Crippen MR) is 84.6 cm³/mol. The summed E-state index contributed by atoms with van der Waals surface area (Å²) in [7, 11) is 0. The van der Waals surface area contributed by atoms with Crippen LogP contribution >= 0.6 is 0 Å². The maximum absolute atomic E-state index is 11.7. The van der Waals surface area contributed by atoms with Crippen molar-refractivity contribution >= 4 is 5.91 Å². The quantitative estimate of drug-likeness (QED) is 0.717. The number of hydrogen-bond donors (Lipinski definition) is 2. The smallest absolute Gasteiger partial charge is 0.237 e. The van der Waals surface area contributed by atoms with Gasteiger partial charge in [-0.1, -0.05) is 13.8 Å². The topological polar surface area (TPSA) is 58.4 Å². The van der Waals surface area contributed by atoms with E-state index >= 15 is 0 Å². The van der Waals surface area contributed by atoms with Crippen LogP contribution in [0.15, 0.2) is 0 Å². The van der Waals surface area contributed by atoms with E-state index in [0.29, 0.717) is 6.04 Å². The number of carbonyl (C=O) groups excluding carboxylic acids is 1. The molecule has 1 aliphatic heterocycles. The van der Waals surface area contributed by atoms with Crippen molar-refractivity contribution in [3.8, 4) is 0 Å². The van der Waals surface area contributed by atoms with Gasteiger partial charge in [0.05, 0.1) is 5.54 Å². The molecule has 0 aliphatic carbocycles. The van der Waals surface area contributed by atoms with Crippen LogP contribution in [0.25, 0.3) is 0 Å². The zero-order chi connectivity index (χ0) is 15.2. The summed E-state index contributed by atoms with van der Waals surface area (Å²) in [5.74, 6) is 0.568. The van der Waals surface area contributed by atoms with Crippen molar-refractivity contribution in [1.82, 2.24) is 10.2 Å². The van der Waals surface area contributed by atoms with E-state index in [1.54, 1.807) is 0 Å². The summed E-state index contributed by atoms with van der Waals surface area (Å²) in [6, 6.07) is 0.676. The summed E-state index contributed by atoms with van der Waals surface area (Å²) in [5.41, 5.74) is 5.01. The van der Waals surface area contributed by atoms with Gasteiger partial charge in [0.1, 0.15) is 0 Å². The van der Waals surface area contributed by atoms with Crippen molar-refractivity contribution in [2.24, 2.45) is 11.7 Å². The van der Waals surface area contributed by atoms with Crippen molar-refractivity contribution in [2.75, 3.05) is 19.6 Å². The second-order valence-corrected chi connectivity index (χ2v) is 6.75. The lowest BCUT2D eigenvalue weighted by Crippen LogP contribution is -2.53. The molecule has 4 heteroatoms. The Kier molecular flexibility index (Phi) is 6.96. The van der Waals surface area contributed by atoms with Crippen molar-refractivity contribution in [2.45, 2.75) is 71.4 Å². The van der Waals surface area contributed by atoms with Gasteiger partial charge in [-0.25, -0.2) is 0 Å². The van der Waals surface area contributed by atoms with Gasteiger partial charge in [-0.2, -0.15) is 0 Å². The summed E-state index contributed by atoms with van der Waals surface area (Å²) in [6.07, 6.45) is 5.49. The zero-order valence-corrected chi connectivity index (χ0v) is 13.7. The summed E-state index contributed by atoms with van der Waals surface area (Å²) in [5, 5.41) is 3.31. The Morgan fingerprint density at radius 1 is 1.40 bits per heavy atom. The van der Waals surface area contributed by atoms with Crippen LogP contribution in [0.4, 0.5) is 0 Å². The molecule has 3 N–H and O–H groups in total. The van der Waals surface area contributed by atoms with Crippen LogP contribution < -0.4 is 11.1 Å². The number of likely N-dealkylation sites (tertiary alicyclic amines) is 1. The summed E-state index contributed by atoms with van der Waals surface area (Å²) in [6.45, 7) is 11.8. The molecule has 1 aliphatic rings. The lowest BCUT2D eigenvalue weighted by Gasteiger charge is -2.37. The van der Waals surface area contributed by atoms with E-state index in [2.05, 4.69) is 31.0 Å². The van der Waals surface area contributed by atoms with E-state index in [1.165, 1.54) is 19.4 Å². The Hall–Kier alpha value is -0.610. The molecule has 0 saturated carbocycles. The number of amides is 1. The molecule has 1 heterocycles. The first-order valence-corrected chi connectivity index (χ1v) is 8.18. The molecule has 0 bridgehead atoms. The van der Waals surface area contributed by atoms with Crippen LogP contribution in [0.3, 0.4) is 0 Å². The number of carbonyl (C=O) groups is 1. The Labute approximate surface area is 124 Å². The summed E-state index contributed by atoms with van der Waals surface area (Å²) < 4.78 is 0. The Morgan fingerprint density at radius 3 is 2.70 bits per heavy atom. The van der Waals surface area contributed by atoms with E-state index in [0.717, 1.165) is 38.3 Å². The fraction of sp³-hybridized carbons (Fsp3) is 0.938. The first-order chi connectivity index (χ1) is 9.39. The average Bonchev–Trinajstić information content (AvgIpc) is 2.40. The summed E-state index contributed by atoms with van der Waals surface area (Å²) >= 11 is 0. The van der Waals surface area contributed by atoms with Gasteiger partial charge in [0.2, 0.25) is 5.91 Å². The highest BCUT2D eigenvalue weighted by molar-refractivity contribution is 5.84. The number of hydrogen-bond acceptors (Lipinski definition) is 3. The maximum Gasteiger partial charge on any atom is 0.237 e. The van der Waals surface area contributed by atoms with Gasteiger partial charge in [-0.3, -0.25) is 4.79 Å². The van der Waals surface area contributed by atoms with Crippen LogP contribution in [0.1, 0.15) is 59.8 Å². The minimum absolute atomic E-state index is 0.231. The highest BCUT2D eigenvalue weighted by Gasteiger charge is 2.30. The molecule has 1 saturated heterocycles. The van der Waals surface area contributed by atoms with Crippen LogP contribution in [-0.4, -0.2) is 42.0 Å². The van der Waals surface area contributed by atoms with Crippen molar-refractivity contribution in [3.63, 3.8) is 0 Å². The van der Waals surface area contributed by atoms with Crippen LogP contribution in [-0.2, 0) is 4.79 Å². The highest BCUT2D eigenvalue weighted by Crippen LogP contribution is 2.22. The van der Waals surface area contributed by atoms with Crippen molar-refractivity contribution in [3.05, 3.63) is 0 Å². The fourth-order valence-corrected chi connectivity index (χ4v) is 3.03. The maximum atomic E-state index is 11.7. The lowest BCUT2D eigenvalue weighted by atomic mass is 9.92. The monoisotopic (exact) mass is 283 g/mol. The highest BCUT2D eigenvalue weighted by atomic mass is 16.1. The molecule has 3 atom stereocenters. The van der Waals surface area contributed by atoms with Gasteiger partial charge in [-0.15, -0.1) is 0 Å². The van der Waals surface area contributed by atoms with E-state index in [9.17, 15) is 4.79 Å². The molecule has 0 aromatic rings. The molecule has 4 nitrogen and oxygen atoms in total. The molecular formula is C16H33N3O. The van der Waals surface area contributed by atoms with Crippen LogP contribution in [0.2, 0.25) is 0 Å². The molecule has 3 unspecified atom stereocenters. The number of rotatable bonds is 8. The SMILES string of the molecule is CCCNC(C)(CCCN1CC(C)CCC1C)C(N)=O. The normalized spacial score (nSPS) is 27.2.